The largest absolute Gasteiger partial charge is 0.382 e. The molecule has 0 aromatic carbocycles. The number of nitrogens with zero attached hydrogens (tertiary/aromatic N) is 4. The van der Waals surface area contributed by atoms with E-state index in [-0.39, 0.29) is 0 Å². The molecule has 0 aliphatic carbocycles. The number of fused-ring (bicyclic) bond motifs is 1. The predicted octanol–water partition coefficient (Wildman–Crippen LogP) is 0.777. The van der Waals surface area contributed by atoms with Crippen molar-refractivity contribution in [3.63, 3.8) is 0 Å². The molecule has 0 unspecified atom stereocenters. The van der Waals surface area contributed by atoms with Crippen molar-refractivity contribution in [3.8, 4) is 0 Å². The van der Waals surface area contributed by atoms with Crippen LogP contribution in [0.3, 0.4) is 0 Å². The molecule has 0 amide bonds. The van der Waals surface area contributed by atoms with E-state index in [1.807, 2.05) is 6.92 Å². The smallest absolute Gasteiger partial charge is 0.154 e. The number of hydrogen-bond donors (Lipinski definition) is 1. The molecule has 2 N–H and O–H groups in total. The van der Waals surface area contributed by atoms with Crippen LogP contribution < -0.4 is 5.73 Å². The Morgan fingerprint density at radius 2 is 2.33 bits per heavy atom. The Morgan fingerprint density at radius 1 is 1.58 bits per heavy atom. The number of aryl methyl sites for hydroxylation is 1. The van der Waals surface area contributed by atoms with Crippen LogP contribution >= 0.6 is 15.9 Å². The lowest BCUT2D eigenvalue weighted by molar-refractivity contribution is 0.773. The third kappa shape index (κ3) is 0.878. The van der Waals surface area contributed by atoms with E-state index in [0.29, 0.717) is 5.82 Å². The number of anilines is 1. The molecule has 2 aromatic heterocycles. The first kappa shape index (κ1) is 7.48. The van der Waals surface area contributed by atoms with Crippen LogP contribution in [0.5, 0.6) is 0 Å². The Morgan fingerprint density at radius 3 is 3.00 bits per heavy atom. The summed E-state index contributed by atoms with van der Waals surface area (Å²) in [6.45, 7) is 1.87. The van der Waals surface area contributed by atoms with Gasteiger partial charge in [-0.25, -0.2) is 4.98 Å². The Labute approximate surface area is 76.7 Å². The molecule has 2 aromatic rings. The second-order valence-electron chi connectivity index (χ2n) is 2.38. The fourth-order valence-electron chi connectivity index (χ4n) is 0.992. The van der Waals surface area contributed by atoms with E-state index in [0.717, 1.165) is 15.7 Å². The van der Waals surface area contributed by atoms with Gasteiger partial charge in [-0.05, 0) is 22.9 Å². The molecule has 12 heavy (non-hydrogen) atoms. The zero-order valence-corrected chi connectivity index (χ0v) is 7.91. The van der Waals surface area contributed by atoms with Crippen LogP contribution in [0.15, 0.2) is 10.8 Å². The molecule has 62 valence electrons. The summed E-state index contributed by atoms with van der Waals surface area (Å²) < 4.78 is 2.31. The standard InChI is InChI=1S/C6H6BrN5/c1-3-4(7)5-6(8)9-2-10-12(5)11-3/h2H,1H3,(H2,8,9,10). The normalized spacial score (nSPS) is 10.8. The van der Waals surface area contributed by atoms with Gasteiger partial charge in [0, 0.05) is 0 Å². The van der Waals surface area contributed by atoms with Crippen molar-refractivity contribution in [1.29, 1.82) is 0 Å². The topological polar surface area (TPSA) is 69.1 Å². The minimum absolute atomic E-state index is 0.428. The van der Waals surface area contributed by atoms with Crippen molar-refractivity contribution >= 4 is 27.3 Å². The zero-order valence-electron chi connectivity index (χ0n) is 6.32. The number of halogens is 1. The molecule has 6 heteroatoms. The Balaban J connectivity index is 2.97. The SMILES string of the molecule is Cc1nn2ncnc(N)c2c1Br. The first-order valence-electron chi connectivity index (χ1n) is 3.31. The summed E-state index contributed by atoms with van der Waals surface area (Å²) in [5, 5.41) is 8.02. The summed E-state index contributed by atoms with van der Waals surface area (Å²) >= 11 is 3.36. The first-order valence-corrected chi connectivity index (χ1v) is 4.11. The van der Waals surface area contributed by atoms with Gasteiger partial charge in [-0.2, -0.15) is 5.10 Å². The van der Waals surface area contributed by atoms with Gasteiger partial charge in [0.2, 0.25) is 0 Å². The van der Waals surface area contributed by atoms with Crippen molar-refractivity contribution in [1.82, 2.24) is 19.8 Å². The maximum Gasteiger partial charge on any atom is 0.154 e. The van der Waals surface area contributed by atoms with Crippen molar-refractivity contribution < 1.29 is 0 Å². The quantitative estimate of drug-likeness (QED) is 0.723. The van der Waals surface area contributed by atoms with E-state index in [1.54, 1.807) is 0 Å². The number of rotatable bonds is 0. The fraction of sp³-hybridized carbons (Fsp3) is 0.167. The number of nitrogen functional groups attached to an aromatic ring is 1. The monoisotopic (exact) mass is 227 g/mol. The summed E-state index contributed by atoms with van der Waals surface area (Å²) in [5.74, 6) is 0.428. The average molecular weight is 228 g/mol. The summed E-state index contributed by atoms with van der Waals surface area (Å²) in [6, 6.07) is 0. The molecule has 0 saturated heterocycles. The third-order valence-corrected chi connectivity index (χ3v) is 2.52. The molecule has 0 fully saturated rings. The highest BCUT2D eigenvalue weighted by molar-refractivity contribution is 9.10. The summed E-state index contributed by atoms with van der Waals surface area (Å²) in [4.78, 5) is 3.86. The molecule has 0 spiro atoms. The van der Waals surface area contributed by atoms with Gasteiger partial charge in [-0.15, -0.1) is 9.73 Å². The molecule has 0 saturated carbocycles. The number of hydrogen-bond acceptors (Lipinski definition) is 4. The van der Waals surface area contributed by atoms with Crippen molar-refractivity contribution in [2.45, 2.75) is 6.92 Å². The van der Waals surface area contributed by atoms with Gasteiger partial charge in [0.15, 0.2) is 5.82 Å². The Bertz CT molecular complexity index is 435. The lowest BCUT2D eigenvalue weighted by atomic mass is 10.4. The van der Waals surface area contributed by atoms with Gasteiger partial charge < -0.3 is 5.73 Å². The lowest BCUT2D eigenvalue weighted by Crippen LogP contribution is -1.99. The van der Waals surface area contributed by atoms with E-state index in [1.165, 1.54) is 11.0 Å². The number of aromatic nitrogens is 4. The zero-order chi connectivity index (χ0) is 8.72. The summed E-state index contributed by atoms with van der Waals surface area (Å²) in [7, 11) is 0. The van der Waals surface area contributed by atoms with Gasteiger partial charge in [0.05, 0.1) is 10.2 Å². The summed E-state index contributed by atoms with van der Waals surface area (Å²) in [6.07, 6.45) is 1.38. The van der Waals surface area contributed by atoms with E-state index in [9.17, 15) is 0 Å². The second-order valence-corrected chi connectivity index (χ2v) is 3.18. The van der Waals surface area contributed by atoms with Crippen LogP contribution in [0.1, 0.15) is 5.69 Å². The predicted molar refractivity (Wildman–Crippen MR) is 47.6 cm³/mol. The average Bonchev–Trinajstić information content (AvgIpc) is 2.29. The molecular formula is C6H6BrN5. The molecule has 0 atom stereocenters. The van der Waals surface area contributed by atoms with Crippen LogP contribution in [0.25, 0.3) is 5.52 Å². The van der Waals surface area contributed by atoms with E-state index >= 15 is 0 Å². The van der Waals surface area contributed by atoms with Gasteiger partial charge in [-0.1, -0.05) is 0 Å². The van der Waals surface area contributed by atoms with Crippen LogP contribution in [-0.2, 0) is 0 Å². The molecule has 0 radical (unpaired) electrons. The molecule has 2 rings (SSSR count). The maximum absolute atomic E-state index is 5.63. The molecule has 0 aliphatic rings. The van der Waals surface area contributed by atoms with Crippen LogP contribution in [0.4, 0.5) is 5.82 Å². The second kappa shape index (κ2) is 2.41. The van der Waals surface area contributed by atoms with Crippen LogP contribution in [0.2, 0.25) is 0 Å². The molecule has 0 bridgehead atoms. The van der Waals surface area contributed by atoms with Crippen LogP contribution in [-0.4, -0.2) is 19.8 Å². The number of nitrogens with two attached hydrogens (primary N) is 1. The Hall–Kier alpha value is -1.17. The van der Waals surface area contributed by atoms with E-state index in [2.05, 4.69) is 31.1 Å². The van der Waals surface area contributed by atoms with Crippen LogP contribution in [0, 0.1) is 6.92 Å². The highest BCUT2D eigenvalue weighted by atomic mass is 79.9. The highest BCUT2D eigenvalue weighted by Gasteiger charge is 2.09. The molecular weight excluding hydrogens is 222 g/mol. The third-order valence-electron chi connectivity index (χ3n) is 1.57. The molecule has 2 heterocycles. The van der Waals surface area contributed by atoms with Crippen molar-refractivity contribution in [2.75, 3.05) is 5.73 Å². The van der Waals surface area contributed by atoms with E-state index in [4.69, 9.17) is 5.73 Å². The highest BCUT2D eigenvalue weighted by Crippen LogP contribution is 2.23. The van der Waals surface area contributed by atoms with E-state index < -0.39 is 0 Å². The van der Waals surface area contributed by atoms with Crippen molar-refractivity contribution in [3.05, 3.63) is 16.5 Å². The van der Waals surface area contributed by atoms with Crippen molar-refractivity contribution in [2.24, 2.45) is 0 Å². The molecule has 5 nitrogen and oxygen atoms in total. The van der Waals surface area contributed by atoms with Gasteiger partial charge in [0.1, 0.15) is 11.8 Å². The minimum Gasteiger partial charge on any atom is -0.382 e. The van der Waals surface area contributed by atoms with Gasteiger partial charge in [0.25, 0.3) is 0 Å². The van der Waals surface area contributed by atoms with Gasteiger partial charge >= 0.3 is 0 Å². The molecule has 0 aliphatic heterocycles. The first-order chi connectivity index (χ1) is 5.70. The summed E-state index contributed by atoms with van der Waals surface area (Å²) in [5.41, 5.74) is 7.20. The maximum atomic E-state index is 5.63. The fourth-order valence-corrected chi connectivity index (χ4v) is 1.43. The minimum atomic E-state index is 0.428. The van der Waals surface area contributed by atoms with Gasteiger partial charge in [-0.3, -0.25) is 0 Å². The lowest BCUT2D eigenvalue weighted by Gasteiger charge is -1.93. The Kier molecular flexibility index (Phi) is 1.50.